The molecule has 5 heteroatoms. The number of aromatic carboxylic acids is 1. The second-order valence-electron chi connectivity index (χ2n) is 2.61. The molecule has 5 nitrogen and oxygen atoms in total. The molecule has 4 N–H and O–H groups in total. The molecule has 0 aromatic heterocycles. The molecular weight excluding hydrogens is 184 g/mol. The largest absolute Gasteiger partial charge is 0.506 e. The van der Waals surface area contributed by atoms with E-state index in [0.717, 1.165) is 0 Å². The summed E-state index contributed by atoms with van der Waals surface area (Å²) in [5.74, 6) is -1.53. The second-order valence-corrected chi connectivity index (χ2v) is 2.61. The van der Waals surface area contributed by atoms with Crippen LogP contribution in [0.25, 0.3) is 0 Å². The lowest BCUT2D eigenvalue weighted by Gasteiger charge is -2.06. The van der Waals surface area contributed by atoms with E-state index in [1.165, 1.54) is 12.1 Å². The predicted molar refractivity (Wildman–Crippen MR) is 47.7 cm³/mol. The molecule has 14 heavy (non-hydrogen) atoms. The second kappa shape index (κ2) is 3.77. The fourth-order valence-electron chi connectivity index (χ4n) is 1.13. The van der Waals surface area contributed by atoms with Gasteiger partial charge in [-0.15, -0.1) is 0 Å². The summed E-state index contributed by atoms with van der Waals surface area (Å²) in [5.41, 5.74) is 5.30. The number of nitrogens with two attached hydrogens (primary N) is 1. The number of benzene rings is 1. The van der Waals surface area contributed by atoms with E-state index in [-0.39, 0.29) is 29.0 Å². The van der Waals surface area contributed by atoms with E-state index >= 15 is 0 Å². The molecule has 72 valence electrons. The van der Waals surface area contributed by atoms with Gasteiger partial charge in [0, 0.05) is 12.1 Å². The Balaban J connectivity index is 3.45. The number of nitriles is 1. The Hall–Kier alpha value is -2.06. The summed E-state index contributed by atoms with van der Waals surface area (Å²) in [6, 6.07) is 4.24. The molecule has 0 bridgehead atoms. The maximum atomic E-state index is 10.7. The average Bonchev–Trinajstić information content (AvgIpc) is 2.17. The fourth-order valence-corrected chi connectivity index (χ4v) is 1.13. The van der Waals surface area contributed by atoms with Crippen molar-refractivity contribution >= 4 is 5.97 Å². The molecular formula is C9H8N2O3. The number of rotatable bonds is 2. The lowest BCUT2D eigenvalue weighted by Crippen LogP contribution is -2.07. The van der Waals surface area contributed by atoms with Gasteiger partial charge in [0.15, 0.2) is 0 Å². The summed E-state index contributed by atoms with van der Waals surface area (Å²) >= 11 is 0. The van der Waals surface area contributed by atoms with Crippen molar-refractivity contribution in [1.82, 2.24) is 0 Å². The molecule has 0 aliphatic heterocycles. The van der Waals surface area contributed by atoms with Gasteiger partial charge in [0.1, 0.15) is 11.8 Å². The maximum absolute atomic E-state index is 10.7. The molecule has 0 aliphatic carbocycles. The lowest BCUT2D eigenvalue weighted by molar-refractivity contribution is 0.0695. The zero-order valence-electron chi connectivity index (χ0n) is 7.19. The third-order valence-electron chi connectivity index (χ3n) is 1.84. The summed E-state index contributed by atoms with van der Waals surface area (Å²) in [5, 5.41) is 26.8. The normalized spacial score (nSPS) is 9.43. The number of hydrogen-bond acceptors (Lipinski definition) is 4. The number of phenolic OH excluding ortho intramolecular Hbond substituents is 1. The molecule has 0 saturated heterocycles. The van der Waals surface area contributed by atoms with Crippen molar-refractivity contribution in [2.75, 3.05) is 0 Å². The summed E-state index contributed by atoms with van der Waals surface area (Å²) in [6.07, 6.45) is 0. The van der Waals surface area contributed by atoms with Gasteiger partial charge in [0.05, 0.1) is 11.1 Å². The van der Waals surface area contributed by atoms with Crippen molar-refractivity contribution in [2.45, 2.75) is 6.54 Å². The van der Waals surface area contributed by atoms with Crippen LogP contribution in [0, 0.1) is 11.3 Å². The van der Waals surface area contributed by atoms with Crippen LogP contribution >= 0.6 is 0 Å². The smallest absolute Gasteiger partial charge is 0.336 e. The van der Waals surface area contributed by atoms with Gasteiger partial charge in [0.25, 0.3) is 0 Å². The van der Waals surface area contributed by atoms with Gasteiger partial charge < -0.3 is 15.9 Å². The Morgan fingerprint density at radius 2 is 2.21 bits per heavy atom. The minimum Gasteiger partial charge on any atom is -0.506 e. The van der Waals surface area contributed by atoms with Crippen LogP contribution in [0.4, 0.5) is 0 Å². The molecule has 1 aromatic carbocycles. The number of hydrogen-bond donors (Lipinski definition) is 3. The van der Waals surface area contributed by atoms with Crippen LogP contribution < -0.4 is 5.73 Å². The molecule has 0 radical (unpaired) electrons. The van der Waals surface area contributed by atoms with E-state index in [0.29, 0.717) is 0 Å². The monoisotopic (exact) mass is 192 g/mol. The number of carbonyl (C=O) groups is 1. The minimum atomic E-state index is -1.18. The van der Waals surface area contributed by atoms with E-state index in [4.69, 9.17) is 16.1 Å². The van der Waals surface area contributed by atoms with Crippen molar-refractivity contribution in [3.05, 3.63) is 28.8 Å². The maximum Gasteiger partial charge on any atom is 0.336 e. The zero-order valence-corrected chi connectivity index (χ0v) is 7.19. The first-order valence-corrected chi connectivity index (χ1v) is 3.80. The Labute approximate surface area is 80.0 Å². The van der Waals surface area contributed by atoms with E-state index in [1.807, 2.05) is 0 Å². The van der Waals surface area contributed by atoms with Gasteiger partial charge in [-0.05, 0) is 12.1 Å². The molecule has 0 fully saturated rings. The third kappa shape index (κ3) is 1.51. The highest BCUT2D eigenvalue weighted by Crippen LogP contribution is 2.25. The summed E-state index contributed by atoms with van der Waals surface area (Å²) in [7, 11) is 0. The minimum absolute atomic E-state index is 0.0236. The number of carboxylic acids is 1. The number of carboxylic acid groups (broad SMARTS) is 1. The first-order chi connectivity index (χ1) is 6.61. The highest BCUT2D eigenvalue weighted by atomic mass is 16.4. The molecule has 0 amide bonds. The van der Waals surface area contributed by atoms with Crippen molar-refractivity contribution in [2.24, 2.45) is 5.73 Å². The van der Waals surface area contributed by atoms with Crippen LogP contribution in [0.1, 0.15) is 21.5 Å². The van der Waals surface area contributed by atoms with Crippen molar-refractivity contribution in [1.29, 1.82) is 5.26 Å². The Kier molecular flexibility index (Phi) is 2.70. The Bertz CT molecular complexity index is 421. The van der Waals surface area contributed by atoms with Crippen LogP contribution in [0.5, 0.6) is 5.75 Å². The Morgan fingerprint density at radius 1 is 1.57 bits per heavy atom. The quantitative estimate of drug-likeness (QED) is 0.629. The van der Waals surface area contributed by atoms with Crippen molar-refractivity contribution < 1.29 is 15.0 Å². The molecule has 0 aliphatic rings. The van der Waals surface area contributed by atoms with Gasteiger partial charge in [0.2, 0.25) is 0 Å². The standard InChI is InChI=1S/C9H8N2O3/c10-3-5-1-2-6(9(13)14)7(4-11)8(5)12/h1-2,12H,4,11H2,(H,13,14). The third-order valence-corrected chi connectivity index (χ3v) is 1.84. The molecule has 0 spiro atoms. The van der Waals surface area contributed by atoms with Crippen LogP contribution in [-0.4, -0.2) is 16.2 Å². The van der Waals surface area contributed by atoms with E-state index in [1.54, 1.807) is 6.07 Å². The average molecular weight is 192 g/mol. The van der Waals surface area contributed by atoms with Crippen LogP contribution in [-0.2, 0) is 6.54 Å². The predicted octanol–water partition coefficient (Wildman–Crippen LogP) is 0.421. The topological polar surface area (TPSA) is 107 Å². The highest BCUT2D eigenvalue weighted by molar-refractivity contribution is 5.90. The molecule has 0 atom stereocenters. The molecule has 0 heterocycles. The van der Waals surface area contributed by atoms with E-state index in [9.17, 15) is 9.90 Å². The number of phenols is 1. The highest BCUT2D eigenvalue weighted by Gasteiger charge is 2.15. The summed E-state index contributed by atoms with van der Waals surface area (Å²) in [6.45, 7) is -0.122. The first kappa shape index (κ1) is 10.0. The summed E-state index contributed by atoms with van der Waals surface area (Å²) < 4.78 is 0. The van der Waals surface area contributed by atoms with Gasteiger partial charge in [-0.2, -0.15) is 5.26 Å². The van der Waals surface area contributed by atoms with Gasteiger partial charge in [-0.25, -0.2) is 4.79 Å². The van der Waals surface area contributed by atoms with Gasteiger partial charge in [-0.1, -0.05) is 0 Å². The SMILES string of the molecule is N#Cc1ccc(C(=O)O)c(CN)c1O. The number of nitrogens with zero attached hydrogens (tertiary/aromatic N) is 1. The fraction of sp³-hybridized carbons (Fsp3) is 0.111. The van der Waals surface area contributed by atoms with Crippen molar-refractivity contribution in [3.8, 4) is 11.8 Å². The molecule has 0 saturated carbocycles. The lowest BCUT2D eigenvalue weighted by atomic mass is 10.0. The van der Waals surface area contributed by atoms with Crippen LogP contribution in [0.2, 0.25) is 0 Å². The van der Waals surface area contributed by atoms with Crippen LogP contribution in [0.3, 0.4) is 0 Å². The van der Waals surface area contributed by atoms with E-state index < -0.39 is 5.97 Å². The molecule has 1 rings (SSSR count). The van der Waals surface area contributed by atoms with Crippen LogP contribution in [0.15, 0.2) is 12.1 Å². The molecule has 1 aromatic rings. The van der Waals surface area contributed by atoms with Gasteiger partial charge in [-0.3, -0.25) is 0 Å². The Morgan fingerprint density at radius 3 is 2.64 bits per heavy atom. The number of aromatic hydroxyl groups is 1. The van der Waals surface area contributed by atoms with E-state index in [2.05, 4.69) is 0 Å². The summed E-state index contributed by atoms with van der Waals surface area (Å²) in [4.78, 5) is 10.7. The zero-order chi connectivity index (χ0) is 10.7. The van der Waals surface area contributed by atoms with Crippen molar-refractivity contribution in [3.63, 3.8) is 0 Å². The molecule has 0 unspecified atom stereocenters. The van der Waals surface area contributed by atoms with Gasteiger partial charge >= 0.3 is 5.97 Å². The first-order valence-electron chi connectivity index (χ1n) is 3.80.